The van der Waals surface area contributed by atoms with Gasteiger partial charge in [0.1, 0.15) is 5.60 Å². The van der Waals surface area contributed by atoms with Crippen LogP contribution in [0, 0.1) is 0 Å². The lowest BCUT2D eigenvalue weighted by Crippen LogP contribution is -2.43. The molecular formula is C9H16F3NO6S. The summed E-state index contributed by atoms with van der Waals surface area (Å²) in [7, 11) is 0. The van der Waals surface area contributed by atoms with Crippen LogP contribution in [0.3, 0.4) is 0 Å². The zero-order valence-electron chi connectivity index (χ0n) is 11.0. The van der Waals surface area contributed by atoms with Crippen molar-refractivity contribution in [2.75, 3.05) is 13.2 Å². The molecule has 0 spiro atoms. The molecule has 2 N–H and O–H groups in total. The van der Waals surface area contributed by atoms with E-state index in [1.807, 2.05) is 0 Å². The minimum absolute atomic E-state index is 0.337. The Balaban J connectivity index is 2.78. The van der Waals surface area contributed by atoms with Gasteiger partial charge in [-0.05, 0) is 20.8 Å². The molecule has 0 aromatic rings. The van der Waals surface area contributed by atoms with E-state index in [1.54, 1.807) is 0 Å². The molecule has 1 atom stereocenters. The minimum Gasteiger partial charge on any atom is -0.443 e. The molecule has 7 nitrogen and oxygen atoms in total. The smallest absolute Gasteiger partial charge is 0.443 e. The van der Waals surface area contributed by atoms with E-state index in [4.69, 9.17) is 4.74 Å². The van der Waals surface area contributed by atoms with Gasteiger partial charge in [-0.1, -0.05) is 0 Å². The third kappa shape index (κ3) is 4.98. The molecule has 0 aromatic heterocycles. The second kappa shape index (κ2) is 5.56. The van der Waals surface area contributed by atoms with Gasteiger partial charge in [-0.2, -0.15) is 4.31 Å². The average molecular weight is 323 g/mol. The fourth-order valence-corrected chi connectivity index (χ4v) is 2.54. The monoisotopic (exact) mass is 323 g/mol. The Kier molecular flexibility index (Phi) is 4.81. The normalized spacial score (nSPS) is 24.6. The molecule has 1 amide bonds. The summed E-state index contributed by atoms with van der Waals surface area (Å²) >= 11 is -3.96. The number of nitrogens with zero attached hydrogens (tertiary/aromatic N) is 1. The molecule has 1 unspecified atom stereocenters. The first-order chi connectivity index (χ1) is 8.82. The number of carbonyl (C=O) groups excluding carboxylic acids is 1. The summed E-state index contributed by atoms with van der Waals surface area (Å²) in [5.41, 5.74) is -0.954. The first kappa shape index (κ1) is 17.3. The summed E-state index contributed by atoms with van der Waals surface area (Å²) in [6.45, 7) is 3.08. The number of ether oxygens (including phenoxy) is 2. The number of alkyl halides is 3. The molecule has 0 aromatic carbocycles. The first-order valence-electron chi connectivity index (χ1n) is 5.47. The van der Waals surface area contributed by atoms with E-state index in [1.165, 1.54) is 20.8 Å². The molecule has 0 saturated carbocycles. The van der Waals surface area contributed by atoms with Crippen molar-refractivity contribution in [3.63, 3.8) is 0 Å². The van der Waals surface area contributed by atoms with Gasteiger partial charge in [0.2, 0.25) is 0 Å². The van der Waals surface area contributed by atoms with Crippen molar-refractivity contribution in [3.05, 3.63) is 0 Å². The second-order valence-corrected chi connectivity index (χ2v) is 6.54. The van der Waals surface area contributed by atoms with Gasteiger partial charge in [-0.15, -0.1) is 13.2 Å². The van der Waals surface area contributed by atoms with E-state index in [0.29, 0.717) is 4.31 Å². The predicted molar refractivity (Wildman–Crippen MR) is 62.7 cm³/mol. The van der Waals surface area contributed by atoms with Gasteiger partial charge in [0.15, 0.2) is 11.1 Å². The first-order valence-corrected chi connectivity index (χ1v) is 6.90. The molecular weight excluding hydrogens is 307 g/mol. The van der Waals surface area contributed by atoms with Crippen molar-refractivity contribution in [2.24, 2.45) is 0 Å². The Morgan fingerprint density at radius 1 is 1.40 bits per heavy atom. The fourth-order valence-electron chi connectivity index (χ4n) is 1.35. The SMILES string of the molecule is CC(C)(C)OC(=O)N1C(COC(F)(F)F)COS1(O)O. The van der Waals surface area contributed by atoms with Gasteiger partial charge in [-0.25, -0.2) is 4.79 Å². The second-order valence-electron chi connectivity index (χ2n) is 4.97. The highest BCUT2D eigenvalue weighted by Gasteiger charge is 2.48. The van der Waals surface area contributed by atoms with E-state index >= 15 is 0 Å². The van der Waals surface area contributed by atoms with Crippen LogP contribution < -0.4 is 0 Å². The minimum atomic E-state index is -4.90. The van der Waals surface area contributed by atoms with E-state index < -0.39 is 48.4 Å². The van der Waals surface area contributed by atoms with Crippen molar-refractivity contribution in [2.45, 2.75) is 38.8 Å². The van der Waals surface area contributed by atoms with Crippen LogP contribution in [0.15, 0.2) is 0 Å². The van der Waals surface area contributed by atoms with Crippen molar-refractivity contribution in [1.29, 1.82) is 0 Å². The summed E-state index contributed by atoms with van der Waals surface area (Å²) in [6, 6.07) is -1.31. The summed E-state index contributed by atoms with van der Waals surface area (Å²) in [5.74, 6) is 0. The van der Waals surface area contributed by atoms with Crippen LogP contribution >= 0.6 is 11.1 Å². The predicted octanol–water partition coefficient (Wildman–Crippen LogP) is 2.74. The highest BCUT2D eigenvalue weighted by atomic mass is 32.3. The molecule has 11 heteroatoms. The molecule has 1 rings (SSSR count). The van der Waals surface area contributed by atoms with Crippen molar-refractivity contribution < 1.29 is 40.7 Å². The van der Waals surface area contributed by atoms with E-state index in [2.05, 4.69) is 8.92 Å². The fraction of sp³-hybridized carbons (Fsp3) is 0.889. The molecule has 1 heterocycles. The molecule has 1 aliphatic heterocycles. The van der Waals surface area contributed by atoms with Gasteiger partial charge in [0.05, 0.1) is 19.3 Å². The van der Waals surface area contributed by atoms with Crippen LogP contribution in [0.2, 0.25) is 0 Å². The van der Waals surface area contributed by atoms with Crippen LogP contribution in [0.1, 0.15) is 20.8 Å². The zero-order chi connectivity index (χ0) is 15.8. The third-order valence-electron chi connectivity index (χ3n) is 2.02. The van der Waals surface area contributed by atoms with E-state index in [9.17, 15) is 27.1 Å². The van der Waals surface area contributed by atoms with Crippen LogP contribution in [0.25, 0.3) is 0 Å². The standard InChI is InChI=1S/C9H16F3NO6S/c1-8(2,3)19-7(14)13-6(4-17-9(10,11)12)5-18-20(13,15)16/h6,15-16H,4-5H2,1-3H3. The molecule has 0 bridgehead atoms. The lowest BCUT2D eigenvalue weighted by Gasteiger charge is -2.33. The summed E-state index contributed by atoms with van der Waals surface area (Å²) in [6.07, 6.45) is -6.09. The number of halogens is 3. The number of rotatable bonds is 2. The van der Waals surface area contributed by atoms with Crippen molar-refractivity contribution in [1.82, 2.24) is 4.31 Å². The van der Waals surface area contributed by atoms with Crippen LogP contribution in [-0.2, 0) is 13.7 Å². The van der Waals surface area contributed by atoms with Crippen LogP contribution in [-0.4, -0.2) is 50.7 Å². The lowest BCUT2D eigenvalue weighted by molar-refractivity contribution is -0.327. The highest BCUT2D eigenvalue weighted by molar-refractivity contribution is 8.18. The maximum atomic E-state index is 12.0. The molecule has 120 valence electrons. The molecule has 0 radical (unpaired) electrons. The number of amides is 1. The van der Waals surface area contributed by atoms with Crippen molar-refractivity contribution in [3.8, 4) is 0 Å². The molecule has 1 aliphatic rings. The van der Waals surface area contributed by atoms with Crippen LogP contribution in [0.5, 0.6) is 0 Å². The largest absolute Gasteiger partial charge is 0.522 e. The van der Waals surface area contributed by atoms with E-state index in [0.717, 1.165) is 0 Å². The molecule has 1 fully saturated rings. The number of hydrogen-bond donors (Lipinski definition) is 2. The third-order valence-corrected chi connectivity index (χ3v) is 3.43. The highest BCUT2D eigenvalue weighted by Crippen LogP contribution is 2.51. The van der Waals surface area contributed by atoms with Gasteiger partial charge >= 0.3 is 12.5 Å². The summed E-state index contributed by atoms with van der Waals surface area (Å²) in [5, 5.41) is 0. The quantitative estimate of drug-likeness (QED) is 0.812. The number of hydrogen-bond acceptors (Lipinski definition) is 6. The summed E-state index contributed by atoms with van der Waals surface area (Å²) in [4.78, 5) is 11.8. The van der Waals surface area contributed by atoms with Crippen molar-refractivity contribution >= 4 is 17.1 Å². The van der Waals surface area contributed by atoms with Crippen LogP contribution in [0.4, 0.5) is 18.0 Å². The van der Waals surface area contributed by atoms with Gasteiger partial charge in [0.25, 0.3) is 0 Å². The molecule has 1 saturated heterocycles. The topological polar surface area (TPSA) is 88.5 Å². The summed E-state index contributed by atoms with van der Waals surface area (Å²) < 4.78 is 68.4. The maximum absolute atomic E-state index is 12.0. The Hall–Kier alpha value is -0.750. The molecule has 20 heavy (non-hydrogen) atoms. The van der Waals surface area contributed by atoms with Gasteiger partial charge in [0, 0.05) is 0 Å². The number of carbonyl (C=O) groups is 1. The van der Waals surface area contributed by atoms with Gasteiger partial charge in [-0.3, -0.25) is 18.0 Å². The van der Waals surface area contributed by atoms with Gasteiger partial charge < -0.3 is 4.74 Å². The van der Waals surface area contributed by atoms with E-state index in [-0.39, 0.29) is 0 Å². The Morgan fingerprint density at radius 2 is 1.95 bits per heavy atom. The maximum Gasteiger partial charge on any atom is 0.522 e. The Bertz CT molecular complexity index is 370. The Labute approximate surface area is 115 Å². The Morgan fingerprint density at radius 3 is 2.40 bits per heavy atom. The lowest BCUT2D eigenvalue weighted by atomic mass is 10.2. The average Bonchev–Trinajstić information content (AvgIpc) is 2.46. The zero-order valence-corrected chi connectivity index (χ0v) is 11.8. The molecule has 0 aliphatic carbocycles.